The van der Waals surface area contributed by atoms with Gasteiger partial charge in [-0.05, 0) is 18.4 Å². The van der Waals surface area contributed by atoms with Crippen molar-refractivity contribution >= 4 is 11.3 Å². The zero-order valence-electron chi connectivity index (χ0n) is 8.56. The molecule has 0 fully saturated rings. The van der Waals surface area contributed by atoms with Crippen molar-refractivity contribution < 1.29 is 4.74 Å². The van der Waals surface area contributed by atoms with Gasteiger partial charge >= 0.3 is 0 Å². The molecule has 15 heavy (non-hydrogen) atoms. The molecule has 2 aromatic heterocycles. The van der Waals surface area contributed by atoms with Gasteiger partial charge in [0.05, 0.1) is 11.5 Å². The molecular formula is C10H13N3OS. The van der Waals surface area contributed by atoms with Gasteiger partial charge in [-0.1, -0.05) is 6.07 Å². The molecule has 0 unspecified atom stereocenters. The number of nitrogens with one attached hydrogen (secondary N) is 1. The zero-order valence-corrected chi connectivity index (χ0v) is 9.38. The molecule has 2 heterocycles. The number of aromatic nitrogens is 3. The fourth-order valence-corrected chi connectivity index (χ4v) is 1.89. The first kappa shape index (κ1) is 10.3. The normalized spacial score (nSPS) is 10.7. The van der Waals surface area contributed by atoms with Crippen molar-refractivity contribution in [2.24, 2.45) is 0 Å². The number of ether oxygens (including phenoxy) is 1. The van der Waals surface area contributed by atoms with Gasteiger partial charge in [-0.15, -0.1) is 11.3 Å². The number of hydrogen-bond acceptors (Lipinski definition) is 4. The van der Waals surface area contributed by atoms with Gasteiger partial charge in [0.25, 0.3) is 0 Å². The first-order chi connectivity index (χ1) is 7.40. The molecule has 0 saturated carbocycles. The minimum absolute atomic E-state index is 0.690. The van der Waals surface area contributed by atoms with Crippen LogP contribution in [0, 0.1) is 0 Å². The van der Waals surface area contributed by atoms with Crippen LogP contribution in [0.2, 0.25) is 0 Å². The van der Waals surface area contributed by atoms with Gasteiger partial charge in [0, 0.05) is 13.0 Å². The Morgan fingerprint density at radius 2 is 2.47 bits per heavy atom. The molecule has 0 atom stereocenters. The quantitative estimate of drug-likeness (QED) is 0.790. The number of rotatable bonds is 5. The summed E-state index contributed by atoms with van der Waals surface area (Å²) in [4.78, 5) is 5.48. The van der Waals surface area contributed by atoms with Crippen LogP contribution in [-0.2, 0) is 11.2 Å². The predicted molar refractivity (Wildman–Crippen MR) is 59.9 cm³/mol. The molecule has 2 aromatic rings. The molecule has 0 aliphatic rings. The minimum atomic E-state index is 0.690. The Bertz CT molecular complexity index is 396. The van der Waals surface area contributed by atoms with E-state index in [4.69, 9.17) is 4.74 Å². The highest BCUT2D eigenvalue weighted by atomic mass is 32.1. The van der Waals surface area contributed by atoms with E-state index in [0.29, 0.717) is 6.61 Å². The Balaban J connectivity index is 1.98. The van der Waals surface area contributed by atoms with E-state index in [9.17, 15) is 0 Å². The second kappa shape index (κ2) is 5.04. The minimum Gasteiger partial charge on any atom is -0.381 e. The third-order valence-electron chi connectivity index (χ3n) is 1.96. The molecule has 2 rings (SSSR count). The molecule has 0 amide bonds. The van der Waals surface area contributed by atoms with E-state index in [-0.39, 0.29) is 0 Å². The average Bonchev–Trinajstić information content (AvgIpc) is 2.87. The summed E-state index contributed by atoms with van der Waals surface area (Å²) in [6.45, 7) is 3.42. The van der Waals surface area contributed by atoms with Crippen molar-refractivity contribution in [2.45, 2.75) is 13.3 Å². The lowest BCUT2D eigenvalue weighted by atomic mass is 10.4. The molecular weight excluding hydrogens is 210 g/mol. The lowest BCUT2D eigenvalue weighted by Crippen LogP contribution is -1.99. The Morgan fingerprint density at radius 1 is 1.53 bits per heavy atom. The predicted octanol–water partition coefficient (Wildman–Crippen LogP) is 2.11. The summed E-state index contributed by atoms with van der Waals surface area (Å²) in [6.07, 6.45) is 0.784. The maximum Gasteiger partial charge on any atom is 0.191 e. The summed E-state index contributed by atoms with van der Waals surface area (Å²) in [5.41, 5.74) is 0. The number of hydrogen-bond donors (Lipinski definition) is 1. The largest absolute Gasteiger partial charge is 0.381 e. The third-order valence-corrected chi connectivity index (χ3v) is 2.83. The molecule has 0 aliphatic heterocycles. The fraction of sp³-hybridized carbons (Fsp3) is 0.400. The van der Waals surface area contributed by atoms with Crippen LogP contribution in [0.5, 0.6) is 0 Å². The average molecular weight is 223 g/mol. The van der Waals surface area contributed by atoms with Crippen molar-refractivity contribution in [3.8, 4) is 10.7 Å². The standard InChI is InChI=1S/C10H13N3OS/c1-2-14-6-5-9-11-10(13-12-9)8-4-3-7-15-8/h3-4,7H,2,5-6H2,1H3,(H,11,12,13). The topological polar surface area (TPSA) is 50.8 Å². The van der Waals surface area contributed by atoms with Crippen molar-refractivity contribution in [3.63, 3.8) is 0 Å². The molecule has 0 aliphatic carbocycles. The smallest absolute Gasteiger partial charge is 0.191 e. The van der Waals surface area contributed by atoms with Crippen LogP contribution in [0.15, 0.2) is 17.5 Å². The molecule has 0 aromatic carbocycles. The van der Waals surface area contributed by atoms with Crippen LogP contribution in [0.3, 0.4) is 0 Å². The van der Waals surface area contributed by atoms with E-state index >= 15 is 0 Å². The second-order valence-electron chi connectivity index (χ2n) is 3.03. The Morgan fingerprint density at radius 3 is 3.20 bits per heavy atom. The van der Waals surface area contributed by atoms with Gasteiger partial charge < -0.3 is 4.74 Å². The third kappa shape index (κ3) is 2.64. The van der Waals surface area contributed by atoms with Crippen LogP contribution in [0.4, 0.5) is 0 Å². The molecule has 0 bridgehead atoms. The van der Waals surface area contributed by atoms with Crippen LogP contribution in [0.1, 0.15) is 12.7 Å². The first-order valence-corrected chi connectivity index (χ1v) is 5.81. The second-order valence-corrected chi connectivity index (χ2v) is 3.98. The summed E-state index contributed by atoms with van der Waals surface area (Å²) in [5, 5.41) is 9.09. The van der Waals surface area contributed by atoms with Crippen LogP contribution in [0.25, 0.3) is 10.7 Å². The SMILES string of the molecule is CCOCCc1nc(-c2cccs2)n[nH]1. The van der Waals surface area contributed by atoms with Gasteiger partial charge in [-0.25, -0.2) is 4.98 Å². The Hall–Kier alpha value is -1.20. The number of H-pyrrole nitrogens is 1. The summed E-state index contributed by atoms with van der Waals surface area (Å²) in [5.74, 6) is 1.66. The summed E-state index contributed by atoms with van der Waals surface area (Å²) >= 11 is 1.64. The van der Waals surface area contributed by atoms with E-state index in [1.54, 1.807) is 11.3 Å². The first-order valence-electron chi connectivity index (χ1n) is 4.93. The lowest BCUT2D eigenvalue weighted by molar-refractivity contribution is 0.149. The number of nitrogens with zero attached hydrogens (tertiary/aromatic N) is 2. The lowest BCUT2D eigenvalue weighted by Gasteiger charge is -1.96. The van der Waals surface area contributed by atoms with Gasteiger partial charge in [0.1, 0.15) is 5.82 Å². The van der Waals surface area contributed by atoms with Gasteiger partial charge in [0.15, 0.2) is 5.82 Å². The van der Waals surface area contributed by atoms with Crippen molar-refractivity contribution in [2.75, 3.05) is 13.2 Å². The Kier molecular flexibility index (Phi) is 3.47. The molecule has 0 spiro atoms. The molecule has 1 N–H and O–H groups in total. The number of thiophene rings is 1. The molecule has 4 nitrogen and oxygen atoms in total. The highest BCUT2D eigenvalue weighted by molar-refractivity contribution is 7.13. The van der Waals surface area contributed by atoms with Gasteiger partial charge in [-0.2, -0.15) is 5.10 Å². The molecule has 5 heteroatoms. The summed E-state index contributed by atoms with van der Waals surface area (Å²) in [6, 6.07) is 4.01. The van der Waals surface area contributed by atoms with Crippen LogP contribution >= 0.6 is 11.3 Å². The summed E-state index contributed by atoms with van der Waals surface area (Å²) in [7, 11) is 0. The molecule has 80 valence electrons. The van der Waals surface area contributed by atoms with Crippen molar-refractivity contribution in [1.29, 1.82) is 0 Å². The van der Waals surface area contributed by atoms with Gasteiger partial charge in [-0.3, -0.25) is 5.10 Å². The van der Waals surface area contributed by atoms with Crippen molar-refractivity contribution in [1.82, 2.24) is 15.2 Å². The van der Waals surface area contributed by atoms with E-state index in [2.05, 4.69) is 15.2 Å². The fourth-order valence-electron chi connectivity index (χ4n) is 1.24. The van der Waals surface area contributed by atoms with Gasteiger partial charge in [0.2, 0.25) is 0 Å². The van der Waals surface area contributed by atoms with Crippen molar-refractivity contribution in [3.05, 3.63) is 23.3 Å². The molecule has 0 saturated heterocycles. The monoisotopic (exact) mass is 223 g/mol. The van der Waals surface area contributed by atoms with Crippen LogP contribution < -0.4 is 0 Å². The maximum atomic E-state index is 5.25. The Labute approximate surface area is 92.3 Å². The summed E-state index contributed by atoms with van der Waals surface area (Å²) < 4.78 is 5.25. The highest BCUT2D eigenvalue weighted by Gasteiger charge is 2.05. The van der Waals surface area contributed by atoms with Crippen LogP contribution in [-0.4, -0.2) is 28.4 Å². The molecule has 0 radical (unpaired) electrons. The van der Waals surface area contributed by atoms with E-state index in [1.807, 2.05) is 24.4 Å². The van der Waals surface area contributed by atoms with E-state index in [0.717, 1.165) is 29.6 Å². The zero-order chi connectivity index (χ0) is 10.5. The number of aromatic amines is 1. The van der Waals surface area contributed by atoms with E-state index in [1.165, 1.54) is 0 Å². The highest BCUT2D eigenvalue weighted by Crippen LogP contribution is 2.20. The van der Waals surface area contributed by atoms with E-state index < -0.39 is 0 Å². The maximum absolute atomic E-state index is 5.25.